The number of carbonyl (C=O) groups excluding carboxylic acids is 1. The lowest BCUT2D eigenvalue weighted by atomic mass is 10.0. The third kappa shape index (κ3) is 4.39. The van der Waals surface area contributed by atoms with Crippen molar-refractivity contribution >= 4 is 11.6 Å². The van der Waals surface area contributed by atoms with Gasteiger partial charge in [-0.25, -0.2) is 9.67 Å². The Morgan fingerprint density at radius 1 is 1.38 bits per heavy atom. The molecule has 21 heavy (non-hydrogen) atoms. The van der Waals surface area contributed by atoms with Crippen LogP contribution in [0.1, 0.15) is 26.2 Å². The minimum atomic E-state index is -0.0136. The van der Waals surface area contributed by atoms with Crippen LogP contribution in [0.4, 0.5) is 5.69 Å². The van der Waals surface area contributed by atoms with E-state index in [-0.39, 0.29) is 5.91 Å². The zero-order valence-electron chi connectivity index (χ0n) is 12.2. The molecule has 0 fully saturated rings. The van der Waals surface area contributed by atoms with Gasteiger partial charge in [0.05, 0.1) is 5.69 Å². The SMILES string of the molecule is CC(CCN)CCC(=O)Nc1cccnc1-n1cccn1. The van der Waals surface area contributed by atoms with Crippen molar-refractivity contribution in [3.63, 3.8) is 0 Å². The van der Waals surface area contributed by atoms with E-state index < -0.39 is 0 Å². The highest BCUT2D eigenvalue weighted by atomic mass is 16.1. The topological polar surface area (TPSA) is 85.8 Å². The van der Waals surface area contributed by atoms with Gasteiger partial charge in [0.25, 0.3) is 0 Å². The molecule has 1 atom stereocenters. The third-order valence-electron chi connectivity index (χ3n) is 3.31. The van der Waals surface area contributed by atoms with E-state index in [1.165, 1.54) is 0 Å². The van der Waals surface area contributed by atoms with E-state index in [0.717, 1.165) is 12.8 Å². The minimum absolute atomic E-state index is 0.0136. The number of aromatic nitrogens is 3. The Hall–Kier alpha value is -2.21. The zero-order valence-corrected chi connectivity index (χ0v) is 12.2. The number of rotatable bonds is 7. The van der Waals surface area contributed by atoms with Crippen molar-refractivity contribution in [1.29, 1.82) is 0 Å². The quantitative estimate of drug-likeness (QED) is 0.815. The average Bonchev–Trinajstić information content (AvgIpc) is 3.00. The molecule has 112 valence electrons. The zero-order chi connectivity index (χ0) is 15.1. The fraction of sp³-hybridized carbons (Fsp3) is 0.400. The highest BCUT2D eigenvalue weighted by molar-refractivity contribution is 5.92. The summed E-state index contributed by atoms with van der Waals surface area (Å²) < 4.78 is 1.63. The summed E-state index contributed by atoms with van der Waals surface area (Å²) in [4.78, 5) is 16.3. The third-order valence-corrected chi connectivity index (χ3v) is 3.31. The second kappa shape index (κ2) is 7.54. The minimum Gasteiger partial charge on any atom is -0.330 e. The van der Waals surface area contributed by atoms with Gasteiger partial charge in [0, 0.05) is 25.0 Å². The first-order chi connectivity index (χ1) is 10.2. The number of hydrogen-bond donors (Lipinski definition) is 2. The fourth-order valence-electron chi connectivity index (χ4n) is 2.09. The van der Waals surface area contributed by atoms with Crippen molar-refractivity contribution in [3.8, 4) is 5.82 Å². The number of hydrogen-bond acceptors (Lipinski definition) is 4. The van der Waals surface area contributed by atoms with Crippen LogP contribution in [0.15, 0.2) is 36.8 Å². The van der Waals surface area contributed by atoms with Crippen molar-refractivity contribution in [1.82, 2.24) is 14.8 Å². The van der Waals surface area contributed by atoms with Gasteiger partial charge in [0.1, 0.15) is 0 Å². The molecule has 0 bridgehead atoms. The summed E-state index contributed by atoms with van der Waals surface area (Å²) in [6, 6.07) is 5.43. The van der Waals surface area contributed by atoms with E-state index in [4.69, 9.17) is 5.73 Å². The van der Waals surface area contributed by atoms with Crippen LogP contribution in [0.5, 0.6) is 0 Å². The van der Waals surface area contributed by atoms with Crippen LogP contribution in [0.25, 0.3) is 5.82 Å². The highest BCUT2D eigenvalue weighted by Gasteiger charge is 2.11. The van der Waals surface area contributed by atoms with Crippen molar-refractivity contribution < 1.29 is 4.79 Å². The molecule has 2 aromatic heterocycles. The summed E-state index contributed by atoms with van der Waals surface area (Å²) in [6.45, 7) is 2.77. The van der Waals surface area contributed by atoms with Crippen LogP contribution >= 0.6 is 0 Å². The van der Waals surface area contributed by atoms with Crippen LogP contribution in [-0.4, -0.2) is 27.2 Å². The number of pyridine rings is 1. The molecule has 0 aliphatic heterocycles. The first kappa shape index (κ1) is 15.2. The fourth-order valence-corrected chi connectivity index (χ4v) is 2.09. The molecule has 1 unspecified atom stereocenters. The standard InChI is InChI=1S/C15H21N5O/c1-12(7-8-16)5-6-14(21)19-13-4-2-9-17-15(13)20-11-3-10-18-20/h2-4,9-12H,5-8,16H2,1H3,(H,19,21). The van der Waals surface area contributed by atoms with E-state index in [0.29, 0.717) is 30.4 Å². The largest absolute Gasteiger partial charge is 0.330 e. The molecular weight excluding hydrogens is 266 g/mol. The van der Waals surface area contributed by atoms with E-state index >= 15 is 0 Å². The molecule has 3 N–H and O–H groups in total. The normalized spacial score (nSPS) is 12.1. The molecule has 0 aliphatic rings. The maximum Gasteiger partial charge on any atom is 0.224 e. The van der Waals surface area contributed by atoms with Crippen molar-refractivity contribution in [2.45, 2.75) is 26.2 Å². The van der Waals surface area contributed by atoms with Crippen molar-refractivity contribution in [2.75, 3.05) is 11.9 Å². The van der Waals surface area contributed by atoms with Crippen molar-refractivity contribution in [3.05, 3.63) is 36.8 Å². The van der Waals surface area contributed by atoms with Crippen LogP contribution < -0.4 is 11.1 Å². The van der Waals surface area contributed by atoms with Gasteiger partial charge in [-0.05, 0) is 43.5 Å². The van der Waals surface area contributed by atoms with Gasteiger partial charge < -0.3 is 11.1 Å². The Morgan fingerprint density at radius 3 is 2.95 bits per heavy atom. The summed E-state index contributed by atoms with van der Waals surface area (Å²) in [5.41, 5.74) is 6.18. The van der Waals surface area contributed by atoms with E-state index in [1.54, 1.807) is 29.3 Å². The smallest absolute Gasteiger partial charge is 0.224 e. The van der Waals surface area contributed by atoms with Gasteiger partial charge in [-0.1, -0.05) is 6.92 Å². The van der Waals surface area contributed by atoms with Gasteiger partial charge in [-0.15, -0.1) is 0 Å². The summed E-state index contributed by atoms with van der Waals surface area (Å²) in [5, 5.41) is 7.04. The summed E-state index contributed by atoms with van der Waals surface area (Å²) >= 11 is 0. The van der Waals surface area contributed by atoms with Crippen LogP contribution in [0.3, 0.4) is 0 Å². The molecule has 0 spiro atoms. The molecule has 0 aliphatic carbocycles. The van der Waals surface area contributed by atoms with Gasteiger partial charge in [0.15, 0.2) is 5.82 Å². The second-order valence-corrected chi connectivity index (χ2v) is 5.09. The number of nitrogens with two attached hydrogens (primary N) is 1. The van der Waals surface area contributed by atoms with E-state index in [1.807, 2.05) is 12.1 Å². The Balaban J connectivity index is 1.98. The Bertz CT molecular complexity index is 567. The van der Waals surface area contributed by atoms with Gasteiger partial charge in [-0.2, -0.15) is 5.10 Å². The second-order valence-electron chi connectivity index (χ2n) is 5.09. The molecule has 6 heteroatoms. The summed E-state index contributed by atoms with van der Waals surface area (Å²) in [5.74, 6) is 1.06. The molecule has 2 rings (SSSR count). The maximum atomic E-state index is 12.0. The first-order valence-electron chi connectivity index (χ1n) is 7.15. The average molecular weight is 287 g/mol. The van der Waals surface area contributed by atoms with Gasteiger partial charge in [-0.3, -0.25) is 4.79 Å². The van der Waals surface area contributed by atoms with E-state index in [2.05, 4.69) is 22.3 Å². The number of nitrogens with zero attached hydrogens (tertiary/aromatic N) is 3. The monoisotopic (exact) mass is 287 g/mol. The molecule has 2 aromatic rings. The van der Waals surface area contributed by atoms with E-state index in [9.17, 15) is 4.79 Å². The van der Waals surface area contributed by atoms with Gasteiger partial charge in [0.2, 0.25) is 5.91 Å². The molecule has 0 aromatic carbocycles. The van der Waals surface area contributed by atoms with Crippen LogP contribution in [-0.2, 0) is 4.79 Å². The van der Waals surface area contributed by atoms with Crippen LogP contribution in [0, 0.1) is 5.92 Å². The Morgan fingerprint density at radius 2 is 2.24 bits per heavy atom. The van der Waals surface area contributed by atoms with Crippen molar-refractivity contribution in [2.24, 2.45) is 11.7 Å². The highest BCUT2D eigenvalue weighted by Crippen LogP contribution is 2.17. The number of carbonyl (C=O) groups is 1. The molecule has 1 amide bonds. The number of nitrogens with one attached hydrogen (secondary N) is 1. The van der Waals surface area contributed by atoms with Crippen LogP contribution in [0.2, 0.25) is 0 Å². The number of anilines is 1. The molecule has 2 heterocycles. The molecule has 0 radical (unpaired) electrons. The molecule has 6 nitrogen and oxygen atoms in total. The number of amides is 1. The van der Waals surface area contributed by atoms with Gasteiger partial charge >= 0.3 is 0 Å². The lowest BCUT2D eigenvalue weighted by molar-refractivity contribution is -0.116. The summed E-state index contributed by atoms with van der Waals surface area (Å²) in [6.07, 6.45) is 7.40. The first-order valence-corrected chi connectivity index (χ1v) is 7.15. The molecular formula is C15H21N5O. The molecule has 0 saturated heterocycles. The lowest BCUT2D eigenvalue weighted by Crippen LogP contribution is -2.16. The Kier molecular flexibility index (Phi) is 5.45. The Labute approximate surface area is 124 Å². The predicted molar refractivity (Wildman–Crippen MR) is 82.1 cm³/mol. The lowest BCUT2D eigenvalue weighted by Gasteiger charge is -2.12. The maximum absolute atomic E-state index is 12.0. The predicted octanol–water partition coefficient (Wildman–Crippen LogP) is 1.97. The molecule has 0 saturated carbocycles. The summed E-state index contributed by atoms with van der Waals surface area (Å²) in [7, 11) is 0.